The molecule has 1 aromatic rings. The van der Waals surface area contributed by atoms with Gasteiger partial charge < -0.3 is 16.0 Å². The van der Waals surface area contributed by atoms with E-state index in [-0.39, 0.29) is 18.0 Å². The molecular formula is C14H21N3O. The fraction of sp³-hybridized carbons (Fsp3) is 0.500. The predicted molar refractivity (Wildman–Crippen MR) is 73.7 cm³/mol. The number of rotatable bonds is 2. The van der Waals surface area contributed by atoms with Gasteiger partial charge in [-0.2, -0.15) is 0 Å². The Balaban J connectivity index is 2.41. The molecule has 0 aliphatic carbocycles. The number of hydrogen-bond acceptors (Lipinski definition) is 3. The summed E-state index contributed by atoms with van der Waals surface area (Å²) in [5.41, 5.74) is 9.26. The van der Waals surface area contributed by atoms with E-state index < -0.39 is 0 Å². The van der Waals surface area contributed by atoms with Gasteiger partial charge in [0, 0.05) is 24.8 Å². The normalized spacial score (nSPS) is 24.0. The van der Waals surface area contributed by atoms with Crippen molar-refractivity contribution in [2.75, 3.05) is 18.0 Å². The topological polar surface area (TPSA) is 58.4 Å². The van der Waals surface area contributed by atoms with Gasteiger partial charge in [-0.05, 0) is 44.0 Å². The van der Waals surface area contributed by atoms with Crippen molar-refractivity contribution in [3.05, 3.63) is 29.3 Å². The zero-order chi connectivity index (χ0) is 13.3. The highest BCUT2D eigenvalue weighted by molar-refractivity contribution is 5.87. The molecule has 1 aromatic carbocycles. The van der Waals surface area contributed by atoms with Crippen LogP contribution in [0.25, 0.3) is 0 Å². The van der Waals surface area contributed by atoms with Crippen LogP contribution < -0.4 is 16.0 Å². The minimum atomic E-state index is -0.269. The Labute approximate surface area is 108 Å². The SMILES string of the molecule is Cc1cc(C)cc(N2C(C)CNC(=O)C2CN)c1. The highest BCUT2D eigenvalue weighted by Crippen LogP contribution is 2.24. The fourth-order valence-corrected chi connectivity index (χ4v) is 2.65. The standard InChI is InChI=1S/C14H21N3O/c1-9-4-10(2)6-12(5-9)17-11(3)8-16-14(18)13(17)7-15/h4-6,11,13H,7-8,15H2,1-3H3,(H,16,18). The van der Waals surface area contributed by atoms with Gasteiger partial charge in [0.1, 0.15) is 6.04 Å². The van der Waals surface area contributed by atoms with Crippen molar-refractivity contribution < 1.29 is 4.79 Å². The van der Waals surface area contributed by atoms with Gasteiger partial charge in [-0.1, -0.05) is 6.07 Å². The van der Waals surface area contributed by atoms with Crippen LogP contribution in [0.1, 0.15) is 18.1 Å². The summed E-state index contributed by atoms with van der Waals surface area (Å²) in [5.74, 6) is 0.0229. The summed E-state index contributed by atoms with van der Waals surface area (Å²) in [5, 5.41) is 2.90. The van der Waals surface area contributed by atoms with Crippen LogP contribution in [0.2, 0.25) is 0 Å². The Bertz CT molecular complexity index is 438. The summed E-state index contributed by atoms with van der Waals surface area (Å²) in [6, 6.07) is 6.36. The summed E-state index contributed by atoms with van der Waals surface area (Å²) in [7, 11) is 0. The molecule has 0 saturated carbocycles. The molecule has 4 nitrogen and oxygen atoms in total. The Kier molecular flexibility index (Phi) is 3.57. The number of aryl methyl sites for hydroxylation is 2. The van der Waals surface area contributed by atoms with Crippen LogP contribution in [0.3, 0.4) is 0 Å². The molecule has 0 aromatic heterocycles. The largest absolute Gasteiger partial charge is 0.354 e. The molecule has 1 amide bonds. The van der Waals surface area contributed by atoms with E-state index >= 15 is 0 Å². The Morgan fingerprint density at radius 1 is 1.33 bits per heavy atom. The Morgan fingerprint density at radius 3 is 2.50 bits per heavy atom. The third kappa shape index (κ3) is 2.34. The number of hydrogen-bond donors (Lipinski definition) is 2. The van der Waals surface area contributed by atoms with Crippen LogP contribution >= 0.6 is 0 Å². The van der Waals surface area contributed by atoms with Gasteiger partial charge in [0.05, 0.1) is 0 Å². The number of nitrogens with zero attached hydrogens (tertiary/aromatic N) is 1. The summed E-state index contributed by atoms with van der Waals surface area (Å²) < 4.78 is 0. The number of carbonyl (C=O) groups is 1. The summed E-state index contributed by atoms with van der Waals surface area (Å²) in [6.07, 6.45) is 0. The first kappa shape index (κ1) is 12.9. The van der Waals surface area contributed by atoms with E-state index in [1.54, 1.807) is 0 Å². The molecule has 0 spiro atoms. The zero-order valence-corrected chi connectivity index (χ0v) is 11.2. The van der Waals surface area contributed by atoms with Crippen molar-refractivity contribution in [2.45, 2.75) is 32.9 Å². The summed E-state index contributed by atoms with van der Waals surface area (Å²) in [4.78, 5) is 14.0. The van der Waals surface area contributed by atoms with Crippen LogP contribution in [0.4, 0.5) is 5.69 Å². The molecule has 4 heteroatoms. The van der Waals surface area contributed by atoms with Crippen LogP contribution in [-0.2, 0) is 4.79 Å². The van der Waals surface area contributed by atoms with Crippen LogP contribution in [0.15, 0.2) is 18.2 Å². The molecule has 18 heavy (non-hydrogen) atoms. The van der Waals surface area contributed by atoms with Crippen molar-refractivity contribution in [1.29, 1.82) is 0 Å². The predicted octanol–water partition coefficient (Wildman–Crippen LogP) is 0.955. The van der Waals surface area contributed by atoms with Gasteiger partial charge in [0.2, 0.25) is 5.91 Å². The van der Waals surface area contributed by atoms with Gasteiger partial charge in [0.25, 0.3) is 0 Å². The average Bonchev–Trinajstić information content (AvgIpc) is 2.30. The monoisotopic (exact) mass is 247 g/mol. The van der Waals surface area contributed by atoms with Crippen molar-refractivity contribution in [2.24, 2.45) is 5.73 Å². The number of anilines is 1. The Hall–Kier alpha value is -1.55. The van der Waals surface area contributed by atoms with E-state index in [1.165, 1.54) is 11.1 Å². The zero-order valence-electron chi connectivity index (χ0n) is 11.2. The first-order valence-electron chi connectivity index (χ1n) is 6.37. The molecule has 0 bridgehead atoms. The average molecular weight is 247 g/mol. The lowest BCUT2D eigenvalue weighted by Crippen LogP contribution is -2.62. The third-order valence-electron chi connectivity index (χ3n) is 3.41. The van der Waals surface area contributed by atoms with Crippen molar-refractivity contribution >= 4 is 11.6 Å². The highest BCUT2D eigenvalue weighted by atomic mass is 16.2. The quantitative estimate of drug-likeness (QED) is 0.818. The maximum Gasteiger partial charge on any atom is 0.244 e. The second-order valence-electron chi connectivity index (χ2n) is 5.10. The smallest absolute Gasteiger partial charge is 0.244 e. The molecule has 2 atom stereocenters. The Morgan fingerprint density at radius 2 is 1.94 bits per heavy atom. The second-order valence-corrected chi connectivity index (χ2v) is 5.10. The van der Waals surface area contributed by atoms with Gasteiger partial charge in [-0.3, -0.25) is 4.79 Å². The van der Waals surface area contributed by atoms with Crippen molar-refractivity contribution in [3.63, 3.8) is 0 Å². The van der Waals surface area contributed by atoms with Crippen molar-refractivity contribution in [3.8, 4) is 0 Å². The molecule has 1 aliphatic heterocycles. The van der Waals surface area contributed by atoms with Crippen molar-refractivity contribution in [1.82, 2.24) is 5.32 Å². The van der Waals surface area contributed by atoms with Gasteiger partial charge in [-0.25, -0.2) is 0 Å². The number of piperazine rings is 1. The lowest BCUT2D eigenvalue weighted by atomic mass is 10.0. The van der Waals surface area contributed by atoms with Crippen LogP contribution in [-0.4, -0.2) is 31.1 Å². The molecule has 0 radical (unpaired) electrons. The molecule has 1 saturated heterocycles. The molecule has 1 fully saturated rings. The summed E-state index contributed by atoms with van der Waals surface area (Å²) in [6.45, 7) is 7.26. The minimum absolute atomic E-state index is 0.0229. The highest BCUT2D eigenvalue weighted by Gasteiger charge is 2.33. The molecular weight excluding hydrogens is 226 g/mol. The first-order valence-corrected chi connectivity index (χ1v) is 6.37. The van der Waals surface area contributed by atoms with E-state index in [0.717, 1.165) is 5.69 Å². The lowest BCUT2D eigenvalue weighted by molar-refractivity contribution is -0.123. The first-order chi connectivity index (χ1) is 8.52. The molecule has 1 aliphatic rings. The van der Waals surface area contributed by atoms with Gasteiger partial charge in [0.15, 0.2) is 0 Å². The molecule has 2 unspecified atom stereocenters. The molecule has 3 N–H and O–H groups in total. The number of nitrogens with one attached hydrogen (secondary N) is 1. The van der Waals surface area contributed by atoms with E-state index in [1.807, 2.05) is 0 Å². The molecule has 1 heterocycles. The second kappa shape index (κ2) is 4.98. The molecule has 98 valence electrons. The van der Waals surface area contributed by atoms with Crippen LogP contribution in [0.5, 0.6) is 0 Å². The lowest BCUT2D eigenvalue weighted by Gasteiger charge is -2.41. The number of carbonyl (C=O) groups excluding carboxylic acids is 1. The van der Waals surface area contributed by atoms with Crippen LogP contribution in [0, 0.1) is 13.8 Å². The van der Waals surface area contributed by atoms with E-state index in [4.69, 9.17) is 5.73 Å². The number of benzene rings is 1. The third-order valence-corrected chi connectivity index (χ3v) is 3.41. The minimum Gasteiger partial charge on any atom is -0.354 e. The maximum atomic E-state index is 11.9. The van der Waals surface area contributed by atoms with E-state index in [9.17, 15) is 4.79 Å². The maximum absolute atomic E-state index is 11.9. The number of nitrogens with two attached hydrogens (primary N) is 1. The van der Waals surface area contributed by atoms with Gasteiger partial charge >= 0.3 is 0 Å². The van der Waals surface area contributed by atoms with E-state index in [0.29, 0.717) is 13.1 Å². The number of amides is 1. The van der Waals surface area contributed by atoms with E-state index in [2.05, 4.69) is 49.2 Å². The van der Waals surface area contributed by atoms with Gasteiger partial charge in [-0.15, -0.1) is 0 Å². The molecule has 2 rings (SSSR count). The summed E-state index contributed by atoms with van der Waals surface area (Å²) >= 11 is 0. The fourth-order valence-electron chi connectivity index (χ4n) is 2.65.